The summed E-state index contributed by atoms with van der Waals surface area (Å²) in [6.07, 6.45) is 3.52. The molecule has 0 spiro atoms. The molecule has 24 heavy (non-hydrogen) atoms. The molecule has 1 aromatic rings. The van der Waals surface area contributed by atoms with Gasteiger partial charge in [0.05, 0.1) is 18.0 Å². The summed E-state index contributed by atoms with van der Waals surface area (Å²) in [6.45, 7) is 1.25. The lowest BCUT2D eigenvalue weighted by atomic mass is 10.2. The molecule has 1 heterocycles. The number of anilines is 1. The predicted molar refractivity (Wildman–Crippen MR) is 89.8 cm³/mol. The molecule has 0 unspecified atom stereocenters. The Kier molecular flexibility index (Phi) is 6.56. The summed E-state index contributed by atoms with van der Waals surface area (Å²) in [7, 11) is -3.62. The Hall–Kier alpha value is -1.67. The summed E-state index contributed by atoms with van der Waals surface area (Å²) in [6, 6.07) is 5.69. The number of benzene rings is 1. The van der Waals surface area contributed by atoms with Crippen molar-refractivity contribution in [3.8, 4) is 0 Å². The number of carbonyl (C=O) groups excluding carboxylic acids is 1. The van der Waals surface area contributed by atoms with E-state index < -0.39 is 15.8 Å². The number of nitrogens with zero attached hydrogens (tertiary/aromatic N) is 1. The average Bonchev–Trinajstić information content (AvgIpc) is 3.03. The van der Waals surface area contributed by atoms with Crippen molar-refractivity contribution in [2.75, 3.05) is 30.3 Å². The smallest absolute Gasteiger partial charge is 0.232 e. The van der Waals surface area contributed by atoms with Crippen LogP contribution in [0.15, 0.2) is 24.3 Å². The lowest BCUT2D eigenvalue weighted by molar-refractivity contribution is -0.121. The highest BCUT2D eigenvalue weighted by atomic mass is 32.2. The molecule has 8 heteroatoms. The third-order valence-electron chi connectivity index (χ3n) is 3.84. The van der Waals surface area contributed by atoms with E-state index in [-0.39, 0.29) is 30.7 Å². The van der Waals surface area contributed by atoms with Crippen LogP contribution in [-0.4, -0.2) is 46.4 Å². The first-order valence-corrected chi connectivity index (χ1v) is 9.83. The van der Waals surface area contributed by atoms with Crippen LogP contribution in [-0.2, 0) is 19.6 Å². The van der Waals surface area contributed by atoms with Crippen LogP contribution >= 0.6 is 0 Å². The maximum atomic E-state index is 13.9. The quantitative estimate of drug-likeness (QED) is 0.767. The third-order valence-corrected chi connectivity index (χ3v) is 5.02. The first-order valence-electron chi connectivity index (χ1n) is 7.98. The van der Waals surface area contributed by atoms with Crippen LogP contribution in [0.25, 0.3) is 0 Å². The lowest BCUT2D eigenvalue weighted by Crippen LogP contribution is -2.34. The van der Waals surface area contributed by atoms with Gasteiger partial charge in [0.2, 0.25) is 15.9 Å². The second kappa shape index (κ2) is 8.43. The SMILES string of the molecule is CS(=O)(=O)N(CCCC(=O)NC[C@@H]1CCCO1)c1ccccc1F. The van der Waals surface area contributed by atoms with Crippen molar-refractivity contribution in [1.82, 2.24) is 5.32 Å². The minimum Gasteiger partial charge on any atom is -0.376 e. The van der Waals surface area contributed by atoms with E-state index >= 15 is 0 Å². The highest BCUT2D eigenvalue weighted by Crippen LogP contribution is 2.21. The summed E-state index contributed by atoms with van der Waals surface area (Å²) in [5.41, 5.74) is -0.000219. The minimum atomic E-state index is -3.62. The zero-order valence-corrected chi connectivity index (χ0v) is 14.5. The van der Waals surface area contributed by atoms with Crippen LogP contribution in [0.1, 0.15) is 25.7 Å². The second-order valence-electron chi connectivity index (χ2n) is 5.83. The van der Waals surface area contributed by atoms with E-state index in [1.807, 2.05) is 0 Å². The number of hydrogen-bond donors (Lipinski definition) is 1. The standard InChI is InChI=1S/C16H23FN2O4S/c1-24(21,22)19(15-8-3-2-7-14(15)17)10-4-9-16(20)18-12-13-6-5-11-23-13/h2-3,7-8,13H,4-6,9-12H2,1H3,(H,18,20)/t13-/m0/s1. The monoisotopic (exact) mass is 358 g/mol. The molecule has 1 aliphatic heterocycles. The van der Waals surface area contributed by atoms with Gasteiger partial charge in [-0.15, -0.1) is 0 Å². The Balaban J connectivity index is 1.85. The number of hydrogen-bond acceptors (Lipinski definition) is 4. The van der Waals surface area contributed by atoms with Crippen molar-refractivity contribution in [3.63, 3.8) is 0 Å². The van der Waals surface area contributed by atoms with E-state index in [0.717, 1.165) is 30.0 Å². The number of amides is 1. The number of sulfonamides is 1. The minimum absolute atomic E-state index is 0.000219. The maximum Gasteiger partial charge on any atom is 0.232 e. The van der Waals surface area contributed by atoms with Gasteiger partial charge in [0.25, 0.3) is 0 Å². The molecule has 1 N–H and O–H groups in total. The molecule has 1 aliphatic rings. The maximum absolute atomic E-state index is 13.9. The number of carbonyl (C=O) groups is 1. The van der Waals surface area contributed by atoms with Crippen LogP contribution in [0, 0.1) is 5.82 Å². The molecule has 0 bridgehead atoms. The van der Waals surface area contributed by atoms with Crippen LogP contribution < -0.4 is 9.62 Å². The van der Waals surface area contributed by atoms with Crippen molar-refractivity contribution in [2.24, 2.45) is 0 Å². The molecule has 0 saturated carbocycles. The molecule has 1 fully saturated rings. The van der Waals surface area contributed by atoms with Crippen molar-refractivity contribution in [2.45, 2.75) is 31.8 Å². The zero-order valence-electron chi connectivity index (χ0n) is 13.7. The summed E-state index contributed by atoms with van der Waals surface area (Å²) in [5, 5.41) is 2.78. The molecule has 0 aromatic heterocycles. The molecule has 2 rings (SSSR count). The number of rotatable bonds is 8. The van der Waals surface area contributed by atoms with Gasteiger partial charge in [0.15, 0.2) is 0 Å². The van der Waals surface area contributed by atoms with Crippen LogP contribution in [0.5, 0.6) is 0 Å². The molecule has 0 radical (unpaired) electrons. The van der Waals surface area contributed by atoms with Gasteiger partial charge in [0, 0.05) is 26.1 Å². The fourth-order valence-electron chi connectivity index (χ4n) is 2.62. The second-order valence-corrected chi connectivity index (χ2v) is 7.74. The molecule has 1 amide bonds. The van der Waals surface area contributed by atoms with Gasteiger partial charge < -0.3 is 10.1 Å². The molecular formula is C16H23FN2O4S. The van der Waals surface area contributed by atoms with E-state index in [9.17, 15) is 17.6 Å². The fourth-order valence-corrected chi connectivity index (χ4v) is 3.59. The normalized spacial score (nSPS) is 17.7. The average molecular weight is 358 g/mol. The van der Waals surface area contributed by atoms with Gasteiger partial charge in [-0.05, 0) is 31.4 Å². The van der Waals surface area contributed by atoms with Gasteiger partial charge in [-0.2, -0.15) is 0 Å². The van der Waals surface area contributed by atoms with E-state index in [1.165, 1.54) is 18.2 Å². The molecule has 1 saturated heterocycles. The van der Waals surface area contributed by atoms with Crippen molar-refractivity contribution < 1.29 is 22.3 Å². The Morgan fingerprint density at radius 2 is 2.17 bits per heavy atom. The van der Waals surface area contributed by atoms with Gasteiger partial charge in [-0.25, -0.2) is 12.8 Å². The van der Waals surface area contributed by atoms with Gasteiger partial charge >= 0.3 is 0 Å². The first kappa shape index (κ1) is 18.7. The Bertz CT molecular complexity index is 660. The number of para-hydroxylation sites is 1. The van der Waals surface area contributed by atoms with E-state index in [0.29, 0.717) is 13.0 Å². The van der Waals surface area contributed by atoms with Crippen molar-refractivity contribution >= 4 is 21.6 Å². The Labute approximate surface area is 142 Å². The summed E-state index contributed by atoms with van der Waals surface area (Å²) in [4.78, 5) is 11.8. The van der Waals surface area contributed by atoms with E-state index in [4.69, 9.17) is 4.74 Å². The van der Waals surface area contributed by atoms with Gasteiger partial charge in [-0.1, -0.05) is 12.1 Å². The Morgan fingerprint density at radius 3 is 2.79 bits per heavy atom. The third kappa shape index (κ3) is 5.45. The van der Waals surface area contributed by atoms with Gasteiger partial charge in [-0.3, -0.25) is 9.10 Å². The molecule has 1 aromatic carbocycles. The number of nitrogens with one attached hydrogen (secondary N) is 1. The summed E-state index contributed by atoms with van der Waals surface area (Å²) < 4.78 is 44.1. The molecule has 0 aliphatic carbocycles. The topological polar surface area (TPSA) is 75.7 Å². The number of ether oxygens (including phenoxy) is 1. The highest BCUT2D eigenvalue weighted by Gasteiger charge is 2.21. The predicted octanol–water partition coefficient (Wildman–Crippen LogP) is 1.67. The molecule has 134 valence electrons. The van der Waals surface area contributed by atoms with Crippen LogP contribution in [0.4, 0.5) is 10.1 Å². The van der Waals surface area contributed by atoms with Crippen LogP contribution in [0.2, 0.25) is 0 Å². The first-order chi connectivity index (χ1) is 11.4. The molecule has 6 nitrogen and oxygen atoms in total. The molecular weight excluding hydrogens is 335 g/mol. The van der Waals surface area contributed by atoms with Crippen LogP contribution in [0.3, 0.4) is 0 Å². The summed E-state index contributed by atoms with van der Waals surface area (Å²) in [5.74, 6) is -0.766. The van der Waals surface area contributed by atoms with Gasteiger partial charge in [0.1, 0.15) is 5.82 Å². The zero-order chi connectivity index (χ0) is 17.6. The van der Waals surface area contributed by atoms with Crippen molar-refractivity contribution in [1.29, 1.82) is 0 Å². The highest BCUT2D eigenvalue weighted by molar-refractivity contribution is 7.92. The Morgan fingerprint density at radius 1 is 1.42 bits per heavy atom. The van der Waals surface area contributed by atoms with E-state index in [1.54, 1.807) is 6.07 Å². The number of halogens is 1. The lowest BCUT2D eigenvalue weighted by Gasteiger charge is -2.22. The molecule has 1 atom stereocenters. The largest absolute Gasteiger partial charge is 0.376 e. The van der Waals surface area contributed by atoms with E-state index in [2.05, 4.69) is 5.32 Å². The fraction of sp³-hybridized carbons (Fsp3) is 0.562. The van der Waals surface area contributed by atoms with Crippen molar-refractivity contribution in [3.05, 3.63) is 30.1 Å². The summed E-state index contributed by atoms with van der Waals surface area (Å²) >= 11 is 0.